The smallest absolute Gasteiger partial charge is 0.306 e. The molecule has 7 heteroatoms. The van der Waals surface area contributed by atoms with Crippen LogP contribution in [-0.2, 0) is 16.1 Å². The maximum Gasteiger partial charge on any atom is 0.306 e. The molecule has 2 heterocycles. The van der Waals surface area contributed by atoms with E-state index in [4.69, 9.17) is 4.74 Å². The van der Waals surface area contributed by atoms with Crippen molar-refractivity contribution in [1.29, 1.82) is 0 Å². The van der Waals surface area contributed by atoms with Gasteiger partial charge in [0.15, 0.2) is 5.01 Å². The Morgan fingerprint density at radius 2 is 2.30 bits per heavy atom. The van der Waals surface area contributed by atoms with Gasteiger partial charge in [-0.2, -0.15) is 9.61 Å². The minimum Gasteiger partial charge on any atom is -0.458 e. The maximum atomic E-state index is 12.1. The van der Waals surface area contributed by atoms with E-state index in [0.717, 1.165) is 11.8 Å². The van der Waals surface area contributed by atoms with E-state index in [9.17, 15) is 9.59 Å². The molecule has 0 unspecified atom stereocenters. The highest BCUT2D eigenvalue weighted by atomic mass is 32.1. The predicted molar refractivity (Wildman–Crippen MR) is 85.2 cm³/mol. The molecule has 2 aliphatic carbocycles. The normalized spacial score (nSPS) is 26.0. The number of ether oxygens (including phenoxy) is 1. The molecule has 3 atom stereocenters. The highest BCUT2D eigenvalue weighted by Gasteiger charge is 2.40. The van der Waals surface area contributed by atoms with E-state index in [1.807, 2.05) is 0 Å². The van der Waals surface area contributed by atoms with E-state index in [-0.39, 0.29) is 18.1 Å². The summed E-state index contributed by atoms with van der Waals surface area (Å²) in [6.07, 6.45) is 5.60. The van der Waals surface area contributed by atoms with Crippen LogP contribution in [0.15, 0.2) is 10.9 Å². The Balaban J connectivity index is 1.38. The average Bonchev–Trinajstić information content (AvgIpc) is 3.19. The lowest BCUT2D eigenvalue weighted by Crippen LogP contribution is -2.17. The first-order chi connectivity index (χ1) is 11.1. The highest BCUT2D eigenvalue weighted by Crippen LogP contribution is 2.49. The topological polar surface area (TPSA) is 73.6 Å². The first-order valence-electron chi connectivity index (χ1n) is 8.10. The zero-order chi connectivity index (χ0) is 16.0. The lowest BCUT2D eigenvalue weighted by Gasteiger charge is -2.20. The molecule has 2 bridgehead atoms. The van der Waals surface area contributed by atoms with Gasteiger partial charge in [-0.15, -0.1) is 0 Å². The van der Waals surface area contributed by atoms with Gasteiger partial charge < -0.3 is 4.74 Å². The van der Waals surface area contributed by atoms with Crippen LogP contribution in [0.2, 0.25) is 0 Å². The van der Waals surface area contributed by atoms with Crippen molar-refractivity contribution in [2.45, 2.75) is 45.6 Å². The molecule has 2 aliphatic rings. The summed E-state index contributed by atoms with van der Waals surface area (Å²) in [6.45, 7) is 1.89. The molecule has 23 heavy (non-hydrogen) atoms. The zero-order valence-corrected chi connectivity index (χ0v) is 13.8. The zero-order valence-electron chi connectivity index (χ0n) is 13.0. The van der Waals surface area contributed by atoms with Gasteiger partial charge in [0, 0.05) is 18.2 Å². The van der Waals surface area contributed by atoms with Crippen molar-refractivity contribution >= 4 is 22.3 Å². The van der Waals surface area contributed by atoms with Crippen LogP contribution in [-0.4, -0.2) is 20.6 Å². The Bertz CT molecular complexity index is 812. The lowest BCUT2D eigenvalue weighted by molar-refractivity contribution is -0.146. The van der Waals surface area contributed by atoms with Crippen LogP contribution in [0.25, 0.3) is 4.96 Å². The molecule has 0 N–H and O–H groups in total. The summed E-state index contributed by atoms with van der Waals surface area (Å²) in [5.41, 5.74) is 0.460. The number of hydrogen-bond donors (Lipinski definition) is 0. The number of carbonyl (C=O) groups excluding carboxylic acids is 1. The van der Waals surface area contributed by atoms with Crippen molar-refractivity contribution in [3.63, 3.8) is 0 Å². The SMILES string of the molecule is Cc1cc(=O)n2nc(COC(=O)C[C@H]3C[C@H]4CC[C@@H]3C4)sc2n1. The predicted octanol–water partition coefficient (Wildman–Crippen LogP) is 2.33. The summed E-state index contributed by atoms with van der Waals surface area (Å²) in [5, 5.41) is 4.78. The number of esters is 1. The van der Waals surface area contributed by atoms with Crippen LogP contribution < -0.4 is 5.56 Å². The Hall–Kier alpha value is -1.76. The number of aromatic nitrogens is 3. The van der Waals surface area contributed by atoms with Gasteiger partial charge in [0.1, 0.15) is 6.61 Å². The summed E-state index contributed by atoms with van der Waals surface area (Å²) < 4.78 is 6.62. The van der Waals surface area contributed by atoms with Crippen molar-refractivity contribution < 1.29 is 9.53 Å². The molecule has 2 aromatic heterocycles. The molecule has 0 radical (unpaired) electrons. The fourth-order valence-electron chi connectivity index (χ4n) is 4.06. The van der Waals surface area contributed by atoms with Gasteiger partial charge in [-0.3, -0.25) is 9.59 Å². The van der Waals surface area contributed by atoms with Gasteiger partial charge in [0.05, 0.1) is 0 Å². The molecular weight excluding hydrogens is 314 g/mol. The molecule has 2 fully saturated rings. The molecule has 6 nitrogen and oxygen atoms in total. The number of fused-ring (bicyclic) bond motifs is 3. The Morgan fingerprint density at radius 3 is 3.04 bits per heavy atom. The Kier molecular flexibility index (Phi) is 3.67. The second-order valence-corrected chi connectivity index (χ2v) is 7.77. The fourth-order valence-corrected chi connectivity index (χ4v) is 4.92. The summed E-state index contributed by atoms with van der Waals surface area (Å²) in [5.74, 6) is 1.91. The van der Waals surface area contributed by atoms with Crippen molar-refractivity contribution in [3.8, 4) is 0 Å². The van der Waals surface area contributed by atoms with Crippen molar-refractivity contribution in [1.82, 2.24) is 14.6 Å². The van der Waals surface area contributed by atoms with E-state index in [0.29, 0.717) is 28.0 Å². The third kappa shape index (κ3) is 2.89. The van der Waals surface area contributed by atoms with Crippen molar-refractivity contribution in [2.24, 2.45) is 17.8 Å². The lowest BCUT2D eigenvalue weighted by atomic mass is 9.86. The molecule has 0 aromatic carbocycles. The monoisotopic (exact) mass is 333 g/mol. The third-order valence-electron chi connectivity index (χ3n) is 5.08. The maximum absolute atomic E-state index is 12.1. The van der Waals surface area contributed by atoms with Crippen LogP contribution in [0.1, 0.15) is 42.8 Å². The first kappa shape index (κ1) is 14.8. The highest BCUT2D eigenvalue weighted by molar-refractivity contribution is 7.16. The first-order valence-corrected chi connectivity index (χ1v) is 8.92. The van der Waals surface area contributed by atoms with Crippen LogP contribution in [0, 0.1) is 24.7 Å². The van der Waals surface area contributed by atoms with E-state index >= 15 is 0 Å². The number of rotatable bonds is 4. The largest absolute Gasteiger partial charge is 0.458 e. The molecule has 0 spiro atoms. The standard InChI is InChI=1S/C16H19N3O3S/c1-9-4-14(20)19-16(17-9)23-13(18-19)8-22-15(21)7-12-6-10-2-3-11(12)5-10/h4,10-12H,2-3,5-8H2,1H3/t10-,11+,12+/m0/s1. The van der Waals surface area contributed by atoms with E-state index in [1.165, 1.54) is 47.6 Å². The third-order valence-corrected chi connectivity index (χ3v) is 5.97. The Morgan fingerprint density at radius 1 is 1.43 bits per heavy atom. The average molecular weight is 333 g/mol. The Labute approximate surface area is 137 Å². The fraction of sp³-hybridized carbons (Fsp3) is 0.625. The number of nitrogens with zero attached hydrogens (tertiary/aromatic N) is 3. The summed E-state index contributed by atoms with van der Waals surface area (Å²) in [4.78, 5) is 28.7. The summed E-state index contributed by atoms with van der Waals surface area (Å²) in [7, 11) is 0. The molecule has 0 aliphatic heterocycles. The van der Waals surface area contributed by atoms with Crippen LogP contribution in [0.5, 0.6) is 0 Å². The molecule has 0 saturated heterocycles. The molecule has 122 valence electrons. The minimum absolute atomic E-state index is 0.117. The minimum atomic E-state index is -0.205. The van der Waals surface area contributed by atoms with E-state index in [2.05, 4.69) is 10.1 Å². The van der Waals surface area contributed by atoms with Crippen molar-refractivity contribution in [3.05, 3.63) is 27.1 Å². The van der Waals surface area contributed by atoms with E-state index < -0.39 is 0 Å². The van der Waals surface area contributed by atoms with Crippen molar-refractivity contribution in [2.75, 3.05) is 0 Å². The summed E-state index contributed by atoms with van der Waals surface area (Å²) >= 11 is 1.29. The molecule has 4 rings (SSSR count). The molecule has 0 amide bonds. The second kappa shape index (κ2) is 5.70. The van der Waals surface area contributed by atoms with Gasteiger partial charge in [-0.05, 0) is 43.9 Å². The second-order valence-electron chi connectivity index (χ2n) is 6.73. The molecular formula is C16H19N3O3S. The summed E-state index contributed by atoms with van der Waals surface area (Å²) in [6, 6.07) is 1.44. The van der Waals surface area contributed by atoms with Crippen LogP contribution >= 0.6 is 11.3 Å². The number of aryl methyl sites for hydroxylation is 1. The molecule has 2 saturated carbocycles. The van der Waals surface area contributed by atoms with E-state index in [1.54, 1.807) is 6.92 Å². The number of hydrogen-bond acceptors (Lipinski definition) is 6. The van der Waals surface area contributed by atoms with Gasteiger partial charge in [-0.25, -0.2) is 4.98 Å². The van der Waals surface area contributed by atoms with Crippen LogP contribution in [0.3, 0.4) is 0 Å². The van der Waals surface area contributed by atoms with Gasteiger partial charge in [0.25, 0.3) is 5.56 Å². The van der Waals surface area contributed by atoms with Gasteiger partial charge in [-0.1, -0.05) is 17.8 Å². The van der Waals surface area contributed by atoms with Gasteiger partial charge >= 0.3 is 5.97 Å². The molecule has 2 aromatic rings. The van der Waals surface area contributed by atoms with Crippen LogP contribution in [0.4, 0.5) is 0 Å². The number of carbonyl (C=O) groups is 1. The van der Waals surface area contributed by atoms with Gasteiger partial charge in [0.2, 0.25) is 4.96 Å². The quantitative estimate of drug-likeness (QED) is 0.803.